The molecule has 1 aromatic heterocycles. The lowest BCUT2D eigenvalue weighted by Crippen LogP contribution is -2.42. The highest BCUT2D eigenvalue weighted by molar-refractivity contribution is 14.0. The Labute approximate surface area is 168 Å². The molecule has 0 bridgehead atoms. The number of hydrogen-bond acceptors (Lipinski definition) is 3. The van der Waals surface area contributed by atoms with Gasteiger partial charge < -0.3 is 10.6 Å². The Bertz CT molecular complexity index is 456. The Morgan fingerprint density at radius 3 is 2.62 bits per heavy atom. The third-order valence-electron chi connectivity index (χ3n) is 4.40. The van der Waals surface area contributed by atoms with Crippen LogP contribution in [0.1, 0.15) is 38.5 Å². The van der Waals surface area contributed by atoms with Gasteiger partial charge in [-0.2, -0.15) is 0 Å². The van der Waals surface area contributed by atoms with Gasteiger partial charge >= 0.3 is 0 Å². The van der Waals surface area contributed by atoms with Crippen molar-refractivity contribution in [2.45, 2.75) is 46.1 Å². The topological polar surface area (TPSA) is 39.7 Å². The normalized spacial score (nSPS) is 16.9. The molecule has 2 heterocycles. The standard InChI is InChI=1S/C18H32N4S.HI/c1-4-19-18(20-10-9-16-8-7-13-23-16)21-14-17(15(2)3)22-11-5-6-12-22;/h7-8,13,15,17H,4-6,9-12,14H2,1-3H3,(H2,19,20,21);1H. The predicted molar refractivity (Wildman–Crippen MR) is 117 cm³/mol. The number of likely N-dealkylation sites (tertiary alicyclic amines) is 1. The molecular formula is C18H33IN4S. The summed E-state index contributed by atoms with van der Waals surface area (Å²) in [7, 11) is 0. The lowest BCUT2D eigenvalue weighted by Gasteiger charge is -2.29. The average molecular weight is 464 g/mol. The van der Waals surface area contributed by atoms with Gasteiger partial charge in [0.05, 0.1) is 6.54 Å². The highest BCUT2D eigenvalue weighted by Crippen LogP contribution is 2.18. The molecule has 0 aromatic carbocycles. The van der Waals surface area contributed by atoms with E-state index in [0.717, 1.165) is 32.0 Å². The van der Waals surface area contributed by atoms with Crippen molar-refractivity contribution in [3.05, 3.63) is 22.4 Å². The molecule has 0 spiro atoms. The first-order valence-electron chi connectivity index (χ1n) is 8.99. The summed E-state index contributed by atoms with van der Waals surface area (Å²) in [6.45, 7) is 11.9. The van der Waals surface area contributed by atoms with Crippen LogP contribution in [0.2, 0.25) is 0 Å². The molecule has 2 N–H and O–H groups in total. The molecule has 138 valence electrons. The van der Waals surface area contributed by atoms with Gasteiger partial charge in [-0.05, 0) is 56.6 Å². The fourth-order valence-electron chi connectivity index (χ4n) is 3.11. The van der Waals surface area contributed by atoms with Crippen LogP contribution < -0.4 is 10.6 Å². The number of hydrogen-bond donors (Lipinski definition) is 2. The molecule has 1 aliphatic heterocycles. The van der Waals surface area contributed by atoms with Crippen molar-refractivity contribution in [3.63, 3.8) is 0 Å². The van der Waals surface area contributed by atoms with E-state index in [2.05, 4.69) is 53.8 Å². The van der Waals surface area contributed by atoms with E-state index in [9.17, 15) is 0 Å². The molecule has 4 nitrogen and oxygen atoms in total. The smallest absolute Gasteiger partial charge is 0.191 e. The van der Waals surface area contributed by atoms with Crippen molar-refractivity contribution in [3.8, 4) is 0 Å². The maximum Gasteiger partial charge on any atom is 0.191 e. The van der Waals surface area contributed by atoms with Gasteiger partial charge in [-0.25, -0.2) is 0 Å². The van der Waals surface area contributed by atoms with Crippen LogP contribution in [0, 0.1) is 5.92 Å². The number of aliphatic imine (C=N–C) groups is 1. The van der Waals surface area contributed by atoms with Crippen LogP contribution in [0.5, 0.6) is 0 Å². The Hall–Kier alpha value is -0.340. The van der Waals surface area contributed by atoms with Crippen LogP contribution in [0.25, 0.3) is 0 Å². The van der Waals surface area contributed by atoms with E-state index in [4.69, 9.17) is 4.99 Å². The second-order valence-electron chi connectivity index (χ2n) is 6.53. The Balaban J connectivity index is 0.00000288. The summed E-state index contributed by atoms with van der Waals surface area (Å²) in [6.07, 6.45) is 3.74. The molecule has 0 amide bonds. The molecule has 1 fully saturated rings. The number of guanidine groups is 1. The Morgan fingerprint density at radius 2 is 2.04 bits per heavy atom. The van der Waals surface area contributed by atoms with Crippen molar-refractivity contribution in [2.75, 3.05) is 32.7 Å². The molecule has 1 unspecified atom stereocenters. The first-order chi connectivity index (χ1) is 11.2. The van der Waals surface area contributed by atoms with Crippen LogP contribution >= 0.6 is 35.3 Å². The van der Waals surface area contributed by atoms with E-state index in [1.54, 1.807) is 0 Å². The molecule has 1 saturated heterocycles. The molecule has 24 heavy (non-hydrogen) atoms. The van der Waals surface area contributed by atoms with Crippen molar-refractivity contribution in [1.29, 1.82) is 0 Å². The van der Waals surface area contributed by atoms with E-state index < -0.39 is 0 Å². The van der Waals surface area contributed by atoms with Crippen molar-refractivity contribution >= 4 is 41.3 Å². The van der Waals surface area contributed by atoms with Crippen molar-refractivity contribution in [2.24, 2.45) is 10.9 Å². The second kappa shape index (κ2) is 12.1. The van der Waals surface area contributed by atoms with Gasteiger partial charge in [-0.3, -0.25) is 9.89 Å². The van der Waals surface area contributed by atoms with Gasteiger partial charge in [0.15, 0.2) is 5.96 Å². The molecular weight excluding hydrogens is 431 g/mol. The van der Waals surface area contributed by atoms with Gasteiger partial charge in [0.1, 0.15) is 0 Å². The minimum atomic E-state index is 0. The summed E-state index contributed by atoms with van der Waals surface area (Å²) in [5.41, 5.74) is 0. The maximum atomic E-state index is 4.85. The average Bonchev–Trinajstić information content (AvgIpc) is 3.20. The SMILES string of the molecule is CCNC(=NCC(C(C)C)N1CCCC1)NCCc1cccs1.I. The summed E-state index contributed by atoms with van der Waals surface area (Å²) in [5, 5.41) is 8.98. The molecule has 1 aliphatic rings. The van der Waals surface area contributed by atoms with Gasteiger partial charge in [0.25, 0.3) is 0 Å². The zero-order valence-corrected chi connectivity index (χ0v) is 18.4. The number of nitrogens with zero attached hydrogens (tertiary/aromatic N) is 2. The largest absolute Gasteiger partial charge is 0.357 e. The van der Waals surface area contributed by atoms with E-state index in [1.807, 2.05) is 11.3 Å². The lowest BCUT2D eigenvalue weighted by molar-refractivity contribution is 0.197. The molecule has 0 saturated carbocycles. The monoisotopic (exact) mass is 464 g/mol. The van der Waals surface area contributed by atoms with Crippen LogP contribution in [0.3, 0.4) is 0 Å². The van der Waals surface area contributed by atoms with Gasteiger partial charge in [-0.1, -0.05) is 19.9 Å². The molecule has 1 aromatic rings. The summed E-state index contributed by atoms with van der Waals surface area (Å²) >= 11 is 1.82. The zero-order chi connectivity index (χ0) is 16.5. The molecule has 6 heteroatoms. The molecule has 0 radical (unpaired) electrons. The summed E-state index contributed by atoms with van der Waals surface area (Å²) in [5.74, 6) is 1.60. The third-order valence-corrected chi connectivity index (χ3v) is 5.34. The summed E-state index contributed by atoms with van der Waals surface area (Å²) in [6, 6.07) is 4.87. The predicted octanol–water partition coefficient (Wildman–Crippen LogP) is 3.58. The highest BCUT2D eigenvalue weighted by atomic mass is 127. The van der Waals surface area contributed by atoms with Crippen molar-refractivity contribution in [1.82, 2.24) is 15.5 Å². The highest BCUT2D eigenvalue weighted by Gasteiger charge is 2.24. The number of thiophene rings is 1. The number of halogens is 1. The third kappa shape index (κ3) is 7.27. The van der Waals surface area contributed by atoms with Crippen LogP contribution in [-0.2, 0) is 6.42 Å². The maximum absolute atomic E-state index is 4.85. The summed E-state index contributed by atoms with van der Waals surface area (Å²) < 4.78 is 0. The van der Waals surface area contributed by atoms with Crippen LogP contribution in [0.15, 0.2) is 22.5 Å². The fraction of sp³-hybridized carbons (Fsp3) is 0.722. The molecule has 1 atom stereocenters. The fourth-order valence-corrected chi connectivity index (χ4v) is 3.82. The van der Waals surface area contributed by atoms with E-state index >= 15 is 0 Å². The van der Waals surface area contributed by atoms with Gasteiger partial charge in [0.2, 0.25) is 0 Å². The lowest BCUT2D eigenvalue weighted by atomic mass is 10.0. The minimum absolute atomic E-state index is 0. The molecule has 0 aliphatic carbocycles. The minimum Gasteiger partial charge on any atom is -0.357 e. The van der Waals surface area contributed by atoms with Crippen molar-refractivity contribution < 1.29 is 0 Å². The second-order valence-corrected chi connectivity index (χ2v) is 7.56. The van der Waals surface area contributed by atoms with E-state index in [-0.39, 0.29) is 24.0 Å². The quantitative estimate of drug-likeness (QED) is 0.351. The van der Waals surface area contributed by atoms with Crippen LogP contribution in [0.4, 0.5) is 0 Å². The van der Waals surface area contributed by atoms with Crippen LogP contribution in [-0.4, -0.2) is 49.6 Å². The first kappa shape index (κ1) is 21.7. The van der Waals surface area contributed by atoms with E-state index in [1.165, 1.54) is 30.8 Å². The summed E-state index contributed by atoms with van der Waals surface area (Å²) in [4.78, 5) is 8.89. The zero-order valence-electron chi connectivity index (χ0n) is 15.3. The molecule has 2 rings (SSSR count). The Morgan fingerprint density at radius 1 is 1.29 bits per heavy atom. The number of rotatable bonds is 8. The van der Waals surface area contributed by atoms with Gasteiger partial charge in [0, 0.05) is 24.0 Å². The van der Waals surface area contributed by atoms with Gasteiger partial charge in [-0.15, -0.1) is 35.3 Å². The number of nitrogens with one attached hydrogen (secondary N) is 2. The first-order valence-corrected chi connectivity index (χ1v) is 9.87. The van der Waals surface area contributed by atoms with E-state index in [0.29, 0.717) is 12.0 Å². The Kier molecular flexibility index (Phi) is 10.9.